The summed E-state index contributed by atoms with van der Waals surface area (Å²) in [6, 6.07) is 4.94. The molecule has 2 rings (SSSR count). The van der Waals surface area contributed by atoms with Crippen molar-refractivity contribution in [2.75, 3.05) is 7.05 Å². The average molecular weight is 327 g/mol. The molecule has 1 heterocycles. The van der Waals surface area contributed by atoms with Gasteiger partial charge in [-0.2, -0.15) is 18.2 Å². The SMILES string of the molecule is CN=C(NCc1ccc(C(F)(F)F)cc1)NCc1nc(C)no1. The highest BCUT2D eigenvalue weighted by atomic mass is 19.4. The third-order valence-electron chi connectivity index (χ3n) is 2.94. The number of halogens is 3. The molecule has 0 saturated heterocycles. The number of alkyl halides is 3. The van der Waals surface area contributed by atoms with Gasteiger partial charge in [0.25, 0.3) is 0 Å². The molecular weight excluding hydrogens is 311 g/mol. The minimum atomic E-state index is -4.33. The Morgan fingerprint density at radius 1 is 1.17 bits per heavy atom. The predicted molar refractivity (Wildman–Crippen MR) is 77.5 cm³/mol. The number of nitrogens with zero attached hydrogens (tertiary/aromatic N) is 3. The summed E-state index contributed by atoms with van der Waals surface area (Å²) in [6.07, 6.45) is -4.33. The van der Waals surface area contributed by atoms with Gasteiger partial charge in [-0.05, 0) is 24.6 Å². The monoisotopic (exact) mass is 327 g/mol. The molecule has 0 aliphatic carbocycles. The topological polar surface area (TPSA) is 75.3 Å². The van der Waals surface area contributed by atoms with Gasteiger partial charge in [0.05, 0.1) is 12.1 Å². The predicted octanol–water partition coefficient (Wildman–Crippen LogP) is 2.26. The maximum absolute atomic E-state index is 12.5. The van der Waals surface area contributed by atoms with Gasteiger partial charge in [-0.3, -0.25) is 4.99 Å². The van der Waals surface area contributed by atoms with E-state index in [4.69, 9.17) is 4.52 Å². The first-order valence-corrected chi connectivity index (χ1v) is 6.78. The van der Waals surface area contributed by atoms with E-state index in [2.05, 4.69) is 25.8 Å². The molecule has 0 amide bonds. The van der Waals surface area contributed by atoms with Crippen LogP contribution in [0, 0.1) is 6.92 Å². The van der Waals surface area contributed by atoms with Crippen molar-refractivity contribution in [3.05, 3.63) is 47.1 Å². The molecule has 0 spiro atoms. The van der Waals surface area contributed by atoms with Crippen LogP contribution in [-0.2, 0) is 19.3 Å². The van der Waals surface area contributed by atoms with Gasteiger partial charge >= 0.3 is 6.18 Å². The van der Waals surface area contributed by atoms with Crippen LogP contribution in [-0.4, -0.2) is 23.1 Å². The van der Waals surface area contributed by atoms with Gasteiger partial charge in [0.1, 0.15) is 0 Å². The summed E-state index contributed by atoms with van der Waals surface area (Å²) in [7, 11) is 1.58. The molecule has 2 N–H and O–H groups in total. The second kappa shape index (κ2) is 7.12. The van der Waals surface area contributed by atoms with Crippen molar-refractivity contribution in [1.29, 1.82) is 0 Å². The second-order valence-electron chi connectivity index (χ2n) is 4.71. The molecule has 9 heteroatoms. The Morgan fingerprint density at radius 3 is 2.35 bits per heavy atom. The van der Waals surface area contributed by atoms with Crippen LogP contribution in [0.15, 0.2) is 33.8 Å². The minimum Gasteiger partial charge on any atom is -0.352 e. The van der Waals surface area contributed by atoms with Gasteiger partial charge in [0.15, 0.2) is 11.8 Å². The number of nitrogens with one attached hydrogen (secondary N) is 2. The summed E-state index contributed by atoms with van der Waals surface area (Å²) in [5, 5.41) is 9.62. The quantitative estimate of drug-likeness (QED) is 0.665. The van der Waals surface area contributed by atoms with E-state index in [1.807, 2.05) is 0 Å². The lowest BCUT2D eigenvalue weighted by atomic mass is 10.1. The van der Waals surface area contributed by atoms with Crippen LogP contribution in [0.4, 0.5) is 13.2 Å². The van der Waals surface area contributed by atoms with Gasteiger partial charge in [0.2, 0.25) is 5.89 Å². The number of rotatable bonds is 4. The smallest absolute Gasteiger partial charge is 0.352 e. The van der Waals surface area contributed by atoms with E-state index in [9.17, 15) is 13.2 Å². The molecule has 2 aromatic rings. The van der Waals surface area contributed by atoms with Gasteiger partial charge in [-0.1, -0.05) is 17.3 Å². The lowest BCUT2D eigenvalue weighted by Gasteiger charge is -2.11. The number of aryl methyl sites for hydroxylation is 1. The number of guanidine groups is 1. The van der Waals surface area contributed by atoms with Crippen LogP contribution < -0.4 is 10.6 Å². The van der Waals surface area contributed by atoms with Crippen LogP contribution in [0.25, 0.3) is 0 Å². The van der Waals surface area contributed by atoms with Crippen molar-refractivity contribution in [2.45, 2.75) is 26.2 Å². The van der Waals surface area contributed by atoms with Crippen LogP contribution in [0.2, 0.25) is 0 Å². The number of aromatic nitrogens is 2. The van der Waals surface area contributed by atoms with Gasteiger partial charge < -0.3 is 15.2 Å². The van der Waals surface area contributed by atoms with Gasteiger partial charge in [-0.25, -0.2) is 0 Å². The van der Waals surface area contributed by atoms with E-state index >= 15 is 0 Å². The molecule has 1 aromatic heterocycles. The minimum absolute atomic E-state index is 0.299. The zero-order valence-corrected chi connectivity index (χ0v) is 12.6. The normalized spacial score (nSPS) is 12.3. The standard InChI is InChI=1S/C14H16F3N5O/c1-9-21-12(23-22-9)8-20-13(18-2)19-7-10-3-5-11(6-4-10)14(15,16)17/h3-6H,7-8H2,1-2H3,(H2,18,19,20). The third kappa shape index (κ3) is 4.97. The Balaban J connectivity index is 1.85. The Bertz CT molecular complexity index is 664. The van der Waals surface area contributed by atoms with Crippen LogP contribution in [0.3, 0.4) is 0 Å². The summed E-state index contributed by atoms with van der Waals surface area (Å²) < 4.78 is 42.4. The maximum Gasteiger partial charge on any atom is 0.416 e. The molecule has 0 atom stereocenters. The summed E-state index contributed by atoms with van der Waals surface area (Å²) in [5.74, 6) is 1.43. The number of benzene rings is 1. The lowest BCUT2D eigenvalue weighted by Crippen LogP contribution is -2.36. The van der Waals surface area contributed by atoms with Crippen molar-refractivity contribution >= 4 is 5.96 Å². The Labute approximate surface area is 130 Å². The lowest BCUT2D eigenvalue weighted by molar-refractivity contribution is -0.137. The first-order chi connectivity index (χ1) is 10.9. The molecule has 0 aliphatic heterocycles. The summed E-state index contributed by atoms with van der Waals surface area (Å²) in [6.45, 7) is 2.35. The summed E-state index contributed by atoms with van der Waals surface area (Å²) >= 11 is 0. The maximum atomic E-state index is 12.5. The highest BCUT2D eigenvalue weighted by Gasteiger charge is 2.29. The van der Waals surface area contributed by atoms with Crippen molar-refractivity contribution in [3.63, 3.8) is 0 Å². The van der Waals surface area contributed by atoms with Crippen molar-refractivity contribution in [3.8, 4) is 0 Å². The molecule has 1 aromatic carbocycles. The fraction of sp³-hybridized carbons (Fsp3) is 0.357. The zero-order chi connectivity index (χ0) is 16.9. The summed E-state index contributed by atoms with van der Waals surface area (Å²) in [5.41, 5.74) is 0.0325. The molecule has 124 valence electrons. The number of hydrogen-bond acceptors (Lipinski definition) is 4. The Morgan fingerprint density at radius 2 is 1.83 bits per heavy atom. The van der Waals surface area contributed by atoms with Crippen LogP contribution in [0.1, 0.15) is 22.8 Å². The van der Waals surface area contributed by atoms with E-state index in [-0.39, 0.29) is 0 Å². The molecule has 0 unspecified atom stereocenters. The van der Waals surface area contributed by atoms with Crippen molar-refractivity contribution in [1.82, 2.24) is 20.8 Å². The first kappa shape index (κ1) is 16.8. The van der Waals surface area contributed by atoms with E-state index in [0.29, 0.717) is 36.3 Å². The summed E-state index contributed by atoms with van der Waals surface area (Å²) in [4.78, 5) is 8.04. The first-order valence-electron chi connectivity index (χ1n) is 6.78. The van der Waals surface area contributed by atoms with Crippen molar-refractivity contribution in [2.24, 2.45) is 4.99 Å². The van der Waals surface area contributed by atoms with E-state index < -0.39 is 11.7 Å². The highest BCUT2D eigenvalue weighted by molar-refractivity contribution is 5.79. The zero-order valence-electron chi connectivity index (χ0n) is 12.6. The number of aliphatic imine (C=N–C) groups is 1. The fourth-order valence-corrected chi connectivity index (χ4v) is 1.79. The molecule has 23 heavy (non-hydrogen) atoms. The molecule has 6 nitrogen and oxygen atoms in total. The Kier molecular flexibility index (Phi) is 5.20. The highest BCUT2D eigenvalue weighted by Crippen LogP contribution is 2.28. The van der Waals surface area contributed by atoms with E-state index in [1.54, 1.807) is 14.0 Å². The van der Waals surface area contributed by atoms with Gasteiger partial charge in [0, 0.05) is 13.6 Å². The second-order valence-corrected chi connectivity index (χ2v) is 4.71. The van der Waals surface area contributed by atoms with E-state index in [1.165, 1.54) is 12.1 Å². The van der Waals surface area contributed by atoms with Gasteiger partial charge in [-0.15, -0.1) is 0 Å². The molecule has 0 bridgehead atoms. The molecule has 0 radical (unpaired) electrons. The van der Waals surface area contributed by atoms with Crippen LogP contribution >= 0.6 is 0 Å². The molecule has 0 aliphatic rings. The largest absolute Gasteiger partial charge is 0.416 e. The van der Waals surface area contributed by atoms with Crippen LogP contribution in [0.5, 0.6) is 0 Å². The average Bonchev–Trinajstić information content (AvgIpc) is 2.92. The fourth-order valence-electron chi connectivity index (χ4n) is 1.79. The number of hydrogen-bond donors (Lipinski definition) is 2. The molecule has 0 saturated carbocycles. The van der Waals surface area contributed by atoms with Crippen molar-refractivity contribution < 1.29 is 17.7 Å². The van der Waals surface area contributed by atoms with E-state index in [0.717, 1.165) is 12.1 Å². The third-order valence-corrected chi connectivity index (χ3v) is 2.94. The molecule has 0 fully saturated rings. The molecular formula is C14H16F3N5O. The Hall–Kier alpha value is -2.58.